The first-order valence-electron chi connectivity index (χ1n) is 20.8. The highest BCUT2D eigenvalue weighted by atomic mass is 32.2. The number of benzene rings is 6. The SMILES string of the molecule is Cc1cc(C2(c3cc(C)c(N4C(=O)c5ccc(C(C)(c6ccc7c(c6)C(=O)N(C)C7=O)C(F)(F)F)cc5C4=O)c(C)c3)c3cc(NS(=O)O)ccc3-c3ccc(S(N)(=O)=O)cc32)cc(C)c1C. The Morgan fingerprint density at radius 2 is 1.07 bits per heavy atom. The number of nitrogens with zero attached hydrogens (tertiary/aromatic N) is 2. The Balaban J connectivity index is 1.22. The van der Waals surface area contributed by atoms with Crippen molar-refractivity contribution in [3.8, 4) is 11.1 Å². The van der Waals surface area contributed by atoms with Crippen LogP contribution in [0.2, 0.25) is 0 Å². The number of sulfonamides is 1. The molecule has 1 aliphatic carbocycles. The van der Waals surface area contributed by atoms with E-state index >= 15 is 13.2 Å². The highest BCUT2D eigenvalue weighted by Gasteiger charge is 2.55. The number of hydrogen-bond acceptors (Lipinski definition) is 7. The number of carbonyl (C=O) groups excluding carboxylic acids is 4. The summed E-state index contributed by atoms with van der Waals surface area (Å²) in [5.74, 6) is -3.04. The molecule has 0 saturated heterocycles. The molecule has 6 aromatic rings. The van der Waals surface area contributed by atoms with Gasteiger partial charge in [-0.15, -0.1) is 0 Å². The molecule has 17 heteroatoms. The van der Waals surface area contributed by atoms with Crippen LogP contribution in [0.25, 0.3) is 11.1 Å². The fourth-order valence-corrected chi connectivity index (χ4v) is 11.0. The van der Waals surface area contributed by atoms with Gasteiger partial charge in [0.15, 0.2) is 0 Å². The molecular formula is C50H41F3N4O8S2. The minimum atomic E-state index is -4.98. The Bertz CT molecular complexity index is 3380. The Morgan fingerprint density at radius 1 is 0.627 bits per heavy atom. The lowest BCUT2D eigenvalue weighted by Gasteiger charge is -2.36. The number of amides is 4. The van der Waals surface area contributed by atoms with Crippen LogP contribution in [0.3, 0.4) is 0 Å². The summed E-state index contributed by atoms with van der Waals surface area (Å²) in [5.41, 5.74) is 2.42. The normalized spacial score (nSPS) is 17.9. The first-order chi connectivity index (χ1) is 31.3. The van der Waals surface area contributed by atoms with Crippen molar-refractivity contribution in [1.29, 1.82) is 0 Å². The standard InChI is InChI=1S/C50H41F3N4O8S2/c1-24-16-31(17-25(2)28(24)5)49(41-22-33(55-66(62)63)10-14-35(41)36-15-11-34(23-42(36)49)67(54,64)65)32-18-26(3)43(27(4)19-32)57-46(60)38-13-9-30(21-40(38)47(57)61)48(6,50(51,52)53)29-8-12-37-39(20-29)45(59)56(7)44(37)58/h8-23,55H,1-7H3,(H,62,63)(H2,54,64,65). The molecule has 4 amide bonds. The molecule has 0 aromatic heterocycles. The molecule has 6 aromatic carbocycles. The Hall–Kier alpha value is -6.79. The topological polar surface area (TPSA) is 184 Å². The third-order valence-corrected chi connectivity index (χ3v) is 15.2. The van der Waals surface area contributed by atoms with Crippen molar-refractivity contribution in [3.05, 3.63) is 181 Å². The molecule has 3 atom stereocenters. The third kappa shape index (κ3) is 6.53. The average Bonchev–Trinajstić information content (AvgIpc) is 3.77. The summed E-state index contributed by atoms with van der Waals surface area (Å²) in [7, 11) is -3.01. The molecule has 0 bridgehead atoms. The van der Waals surface area contributed by atoms with Gasteiger partial charge in [0.25, 0.3) is 34.9 Å². The predicted octanol–water partition coefficient (Wildman–Crippen LogP) is 8.68. The van der Waals surface area contributed by atoms with Gasteiger partial charge in [0.2, 0.25) is 10.0 Å². The molecule has 2 aliphatic heterocycles. The predicted molar refractivity (Wildman–Crippen MR) is 246 cm³/mol. The van der Waals surface area contributed by atoms with Gasteiger partial charge < -0.3 is 0 Å². The van der Waals surface area contributed by atoms with Crippen molar-refractivity contribution in [2.75, 3.05) is 16.7 Å². The van der Waals surface area contributed by atoms with Crippen LogP contribution in [-0.2, 0) is 32.1 Å². The van der Waals surface area contributed by atoms with E-state index in [0.29, 0.717) is 44.5 Å². The van der Waals surface area contributed by atoms with Crippen molar-refractivity contribution >= 4 is 56.3 Å². The number of imide groups is 2. The number of rotatable bonds is 8. The number of halogens is 3. The minimum absolute atomic E-state index is 0.0336. The van der Waals surface area contributed by atoms with Gasteiger partial charge in [-0.05, 0) is 162 Å². The third-order valence-electron chi connectivity index (χ3n) is 13.8. The van der Waals surface area contributed by atoms with Crippen molar-refractivity contribution in [2.24, 2.45) is 5.14 Å². The van der Waals surface area contributed by atoms with E-state index in [9.17, 15) is 36.4 Å². The van der Waals surface area contributed by atoms with Gasteiger partial charge in [-0.3, -0.25) is 33.4 Å². The Labute approximate surface area is 386 Å². The number of anilines is 2. The number of alkyl halides is 3. The van der Waals surface area contributed by atoms with Crippen LogP contribution in [0, 0.1) is 34.6 Å². The number of primary sulfonamides is 1. The van der Waals surface area contributed by atoms with Crippen LogP contribution in [0.1, 0.15) is 110 Å². The van der Waals surface area contributed by atoms with Gasteiger partial charge in [-0.1, -0.05) is 48.5 Å². The molecule has 4 N–H and O–H groups in total. The highest BCUT2D eigenvalue weighted by Crippen LogP contribution is 2.58. The highest BCUT2D eigenvalue weighted by molar-refractivity contribution is 7.89. The number of nitrogens with two attached hydrogens (primary N) is 1. The molecule has 0 saturated carbocycles. The summed E-state index contributed by atoms with van der Waals surface area (Å²) < 4.78 is 96.7. The largest absolute Gasteiger partial charge is 0.402 e. The summed E-state index contributed by atoms with van der Waals surface area (Å²) in [6, 6.07) is 23.9. The summed E-state index contributed by atoms with van der Waals surface area (Å²) >= 11 is -2.46. The lowest BCUT2D eigenvalue weighted by atomic mass is 9.66. The Morgan fingerprint density at radius 3 is 1.60 bits per heavy atom. The second-order valence-electron chi connectivity index (χ2n) is 17.6. The summed E-state index contributed by atoms with van der Waals surface area (Å²) in [5, 5.41) is 5.74. The smallest absolute Gasteiger partial charge is 0.289 e. The quantitative estimate of drug-likeness (QED) is 0.0998. The minimum Gasteiger partial charge on any atom is -0.289 e. The van der Waals surface area contributed by atoms with E-state index in [1.165, 1.54) is 31.3 Å². The second kappa shape index (κ2) is 15.1. The van der Waals surface area contributed by atoms with E-state index in [4.69, 9.17) is 5.14 Å². The molecule has 0 spiro atoms. The van der Waals surface area contributed by atoms with E-state index in [1.54, 1.807) is 50.2 Å². The first kappa shape index (κ1) is 45.4. The zero-order valence-electron chi connectivity index (χ0n) is 37.0. The maximum Gasteiger partial charge on any atom is 0.402 e. The maximum atomic E-state index is 15.4. The van der Waals surface area contributed by atoms with E-state index in [1.807, 2.05) is 32.9 Å². The van der Waals surface area contributed by atoms with Crippen LogP contribution in [-0.4, -0.2) is 58.9 Å². The number of nitrogens with one attached hydrogen (secondary N) is 1. The van der Waals surface area contributed by atoms with Gasteiger partial charge in [0, 0.05) is 12.7 Å². The lowest BCUT2D eigenvalue weighted by molar-refractivity contribution is -0.173. The Kier molecular flexibility index (Phi) is 10.2. The molecular weight excluding hydrogens is 906 g/mol. The fraction of sp³-hybridized carbons (Fsp3) is 0.200. The fourth-order valence-electron chi connectivity index (χ4n) is 10.1. The summed E-state index contributed by atoms with van der Waals surface area (Å²) in [6.07, 6.45) is -4.98. The van der Waals surface area contributed by atoms with Crippen LogP contribution >= 0.6 is 0 Å². The molecule has 3 unspecified atom stereocenters. The number of carbonyl (C=O) groups is 4. The number of fused-ring (bicyclic) bond motifs is 5. The van der Waals surface area contributed by atoms with E-state index in [2.05, 4.69) is 4.72 Å². The van der Waals surface area contributed by atoms with Crippen molar-refractivity contribution < 1.29 is 49.5 Å². The van der Waals surface area contributed by atoms with Gasteiger partial charge in [0.05, 0.1) is 38.3 Å². The second-order valence-corrected chi connectivity index (χ2v) is 19.8. The lowest BCUT2D eigenvalue weighted by Crippen LogP contribution is -2.41. The van der Waals surface area contributed by atoms with Gasteiger partial charge in [-0.25, -0.2) is 22.7 Å². The van der Waals surface area contributed by atoms with Gasteiger partial charge >= 0.3 is 6.18 Å². The molecule has 0 fully saturated rings. The zero-order chi connectivity index (χ0) is 48.6. The molecule has 67 heavy (non-hydrogen) atoms. The summed E-state index contributed by atoms with van der Waals surface area (Å²) in [6.45, 7) is 10.1. The first-order valence-corrected chi connectivity index (χ1v) is 23.4. The molecule has 12 nitrogen and oxygen atoms in total. The molecule has 342 valence electrons. The van der Waals surface area contributed by atoms with Crippen LogP contribution in [0.15, 0.2) is 102 Å². The molecule has 9 rings (SSSR count). The molecule has 0 radical (unpaired) electrons. The van der Waals surface area contributed by atoms with Crippen molar-refractivity contribution in [2.45, 2.75) is 63.4 Å². The van der Waals surface area contributed by atoms with Crippen LogP contribution in [0.5, 0.6) is 0 Å². The van der Waals surface area contributed by atoms with Gasteiger partial charge in [0.1, 0.15) is 5.41 Å². The molecule has 2 heterocycles. The maximum absolute atomic E-state index is 15.4. The monoisotopic (exact) mass is 946 g/mol. The van der Waals surface area contributed by atoms with Crippen LogP contribution in [0.4, 0.5) is 24.5 Å². The van der Waals surface area contributed by atoms with Gasteiger partial charge in [-0.2, -0.15) is 13.2 Å². The van der Waals surface area contributed by atoms with Crippen LogP contribution < -0.4 is 14.8 Å². The average molecular weight is 947 g/mol. The van der Waals surface area contributed by atoms with E-state index in [-0.39, 0.29) is 49.7 Å². The van der Waals surface area contributed by atoms with Crippen molar-refractivity contribution in [1.82, 2.24) is 4.90 Å². The molecule has 3 aliphatic rings. The van der Waals surface area contributed by atoms with E-state index in [0.717, 1.165) is 57.7 Å². The number of hydrogen-bond donors (Lipinski definition) is 3. The summed E-state index contributed by atoms with van der Waals surface area (Å²) in [4.78, 5) is 56.0. The number of aryl methyl sites for hydroxylation is 4. The van der Waals surface area contributed by atoms with Crippen molar-refractivity contribution in [3.63, 3.8) is 0 Å². The van der Waals surface area contributed by atoms with E-state index < -0.39 is 61.9 Å². The zero-order valence-corrected chi connectivity index (χ0v) is 38.6.